The van der Waals surface area contributed by atoms with E-state index >= 15 is 0 Å². The standard InChI is InChI=1S/C17H24N2O2/c1-4-13-8-6-7-9-14(13)12-19-11-10-15(20)18-17(3,5-2)16(19)21/h6-9H,4-5,10-12H2,1-3H3,(H,18,20). The molecule has 1 aliphatic rings. The van der Waals surface area contributed by atoms with E-state index in [1.807, 2.05) is 30.9 Å². The van der Waals surface area contributed by atoms with Gasteiger partial charge < -0.3 is 10.2 Å². The lowest BCUT2D eigenvalue weighted by Crippen LogP contribution is -2.54. The smallest absolute Gasteiger partial charge is 0.248 e. The Labute approximate surface area is 126 Å². The predicted octanol–water partition coefficient (Wildman–Crippen LogP) is 2.27. The number of rotatable bonds is 4. The predicted molar refractivity (Wildman–Crippen MR) is 82.7 cm³/mol. The summed E-state index contributed by atoms with van der Waals surface area (Å²) >= 11 is 0. The van der Waals surface area contributed by atoms with E-state index in [1.54, 1.807) is 0 Å². The summed E-state index contributed by atoms with van der Waals surface area (Å²) in [5, 5.41) is 2.87. The van der Waals surface area contributed by atoms with Gasteiger partial charge in [0.1, 0.15) is 5.54 Å². The molecule has 1 atom stereocenters. The number of carbonyl (C=O) groups excluding carboxylic acids is 2. The largest absolute Gasteiger partial charge is 0.342 e. The second-order valence-corrected chi connectivity index (χ2v) is 5.83. The SMILES string of the molecule is CCc1ccccc1CN1CCC(=O)NC(C)(CC)C1=O. The molecule has 0 spiro atoms. The summed E-state index contributed by atoms with van der Waals surface area (Å²) in [7, 11) is 0. The second-order valence-electron chi connectivity index (χ2n) is 5.83. The lowest BCUT2D eigenvalue weighted by molar-refractivity contribution is -0.138. The Balaban J connectivity index is 2.25. The molecule has 1 aliphatic heterocycles. The van der Waals surface area contributed by atoms with Gasteiger partial charge in [0.15, 0.2) is 0 Å². The number of nitrogens with zero attached hydrogens (tertiary/aromatic N) is 1. The Morgan fingerprint density at radius 2 is 1.86 bits per heavy atom. The zero-order chi connectivity index (χ0) is 15.5. The van der Waals surface area contributed by atoms with Crippen molar-refractivity contribution in [3.63, 3.8) is 0 Å². The first-order valence-corrected chi connectivity index (χ1v) is 7.67. The molecule has 4 nitrogen and oxygen atoms in total. The van der Waals surface area contributed by atoms with Crippen molar-refractivity contribution in [2.24, 2.45) is 0 Å². The number of nitrogens with one attached hydrogen (secondary N) is 1. The van der Waals surface area contributed by atoms with Crippen LogP contribution in [0.2, 0.25) is 0 Å². The Hall–Kier alpha value is -1.84. The molecule has 1 aromatic rings. The van der Waals surface area contributed by atoms with Crippen molar-refractivity contribution >= 4 is 11.8 Å². The summed E-state index contributed by atoms with van der Waals surface area (Å²) in [5.74, 6) is -0.0271. The molecule has 0 saturated carbocycles. The van der Waals surface area contributed by atoms with Crippen molar-refractivity contribution in [1.82, 2.24) is 10.2 Å². The highest BCUT2D eigenvalue weighted by Gasteiger charge is 2.39. The summed E-state index contributed by atoms with van der Waals surface area (Å²) in [5.41, 5.74) is 1.64. The minimum Gasteiger partial charge on any atom is -0.342 e. The fraction of sp³-hybridized carbons (Fsp3) is 0.529. The van der Waals surface area contributed by atoms with E-state index in [0.717, 1.165) is 6.42 Å². The van der Waals surface area contributed by atoms with Gasteiger partial charge in [0.2, 0.25) is 11.8 Å². The summed E-state index contributed by atoms with van der Waals surface area (Å²) in [6.45, 7) is 6.93. The van der Waals surface area contributed by atoms with Crippen LogP contribution >= 0.6 is 0 Å². The van der Waals surface area contributed by atoms with Crippen LogP contribution in [0.4, 0.5) is 0 Å². The third kappa shape index (κ3) is 3.26. The molecule has 1 heterocycles. The minimum atomic E-state index is -0.783. The highest BCUT2D eigenvalue weighted by molar-refractivity contribution is 5.93. The average molecular weight is 288 g/mol. The summed E-state index contributed by atoms with van der Waals surface area (Å²) in [6.07, 6.45) is 1.92. The fourth-order valence-corrected chi connectivity index (χ4v) is 2.76. The lowest BCUT2D eigenvalue weighted by Gasteiger charge is -2.31. The molecule has 1 unspecified atom stereocenters. The molecular weight excluding hydrogens is 264 g/mol. The third-order valence-corrected chi connectivity index (χ3v) is 4.35. The van der Waals surface area contributed by atoms with Crippen LogP contribution in [0.25, 0.3) is 0 Å². The maximum absolute atomic E-state index is 12.8. The van der Waals surface area contributed by atoms with Crippen LogP contribution in [0.5, 0.6) is 0 Å². The van der Waals surface area contributed by atoms with Crippen LogP contribution in [-0.4, -0.2) is 28.8 Å². The molecule has 0 aromatic heterocycles. The van der Waals surface area contributed by atoms with E-state index in [-0.39, 0.29) is 11.8 Å². The number of carbonyl (C=O) groups is 2. The normalized spacial score (nSPS) is 22.9. The zero-order valence-corrected chi connectivity index (χ0v) is 13.1. The van der Waals surface area contributed by atoms with Crippen LogP contribution in [0.1, 0.15) is 44.7 Å². The monoisotopic (exact) mass is 288 g/mol. The van der Waals surface area contributed by atoms with Gasteiger partial charge in [0.25, 0.3) is 0 Å². The summed E-state index contributed by atoms with van der Waals surface area (Å²) in [4.78, 5) is 26.4. The topological polar surface area (TPSA) is 49.4 Å². The summed E-state index contributed by atoms with van der Waals surface area (Å²) < 4.78 is 0. The maximum Gasteiger partial charge on any atom is 0.248 e. The van der Waals surface area contributed by atoms with Crippen molar-refractivity contribution in [3.8, 4) is 0 Å². The third-order valence-electron chi connectivity index (χ3n) is 4.35. The van der Waals surface area contributed by atoms with Gasteiger partial charge in [0, 0.05) is 19.5 Å². The molecule has 1 N–H and O–H groups in total. The lowest BCUT2D eigenvalue weighted by atomic mass is 9.96. The molecule has 0 bridgehead atoms. The molecule has 114 valence electrons. The van der Waals surface area contributed by atoms with E-state index in [0.29, 0.717) is 25.9 Å². The molecule has 21 heavy (non-hydrogen) atoms. The Bertz CT molecular complexity index is 541. The van der Waals surface area contributed by atoms with Gasteiger partial charge in [-0.15, -0.1) is 0 Å². The van der Waals surface area contributed by atoms with Gasteiger partial charge in [-0.1, -0.05) is 38.1 Å². The van der Waals surface area contributed by atoms with Crippen LogP contribution in [0.15, 0.2) is 24.3 Å². The van der Waals surface area contributed by atoms with Gasteiger partial charge in [-0.05, 0) is 30.9 Å². The van der Waals surface area contributed by atoms with Crippen molar-refractivity contribution in [2.75, 3.05) is 6.54 Å². The first-order chi connectivity index (χ1) is 10.00. The molecule has 2 amide bonds. The Morgan fingerprint density at radius 3 is 2.48 bits per heavy atom. The summed E-state index contributed by atoms with van der Waals surface area (Å²) in [6, 6.07) is 8.18. The molecule has 1 aromatic carbocycles. The fourth-order valence-electron chi connectivity index (χ4n) is 2.76. The van der Waals surface area contributed by atoms with E-state index < -0.39 is 5.54 Å². The number of aryl methyl sites for hydroxylation is 1. The molecule has 0 aliphatic carbocycles. The Kier molecular flexibility index (Phi) is 4.66. The van der Waals surface area contributed by atoms with Crippen LogP contribution in [0.3, 0.4) is 0 Å². The molecule has 2 rings (SSSR count). The zero-order valence-electron chi connectivity index (χ0n) is 13.1. The second kappa shape index (κ2) is 6.29. The number of hydrogen-bond donors (Lipinski definition) is 1. The minimum absolute atomic E-state index is 0.0155. The molecular formula is C17H24N2O2. The van der Waals surface area contributed by atoms with Crippen molar-refractivity contribution in [2.45, 2.75) is 52.1 Å². The highest BCUT2D eigenvalue weighted by Crippen LogP contribution is 2.21. The molecule has 1 fully saturated rings. The van der Waals surface area contributed by atoms with Crippen molar-refractivity contribution < 1.29 is 9.59 Å². The van der Waals surface area contributed by atoms with E-state index in [4.69, 9.17) is 0 Å². The maximum atomic E-state index is 12.8. The van der Waals surface area contributed by atoms with Gasteiger partial charge in [-0.25, -0.2) is 0 Å². The first kappa shape index (κ1) is 15.5. The molecule has 1 saturated heterocycles. The van der Waals surface area contributed by atoms with Gasteiger partial charge in [0.05, 0.1) is 0 Å². The van der Waals surface area contributed by atoms with Crippen molar-refractivity contribution in [1.29, 1.82) is 0 Å². The average Bonchev–Trinajstić information content (AvgIpc) is 2.60. The quantitative estimate of drug-likeness (QED) is 0.924. The molecule has 0 radical (unpaired) electrons. The van der Waals surface area contributed by atoms with Gasteiger partial charge in [-0.2, -0.15) is 0 Å². The number of amides is 2. The van der Waals surface area contributed by atoms with Gasteiger partial charge >= 0.3 is 0 Å². The van der Waals surface area contributed by atoms with Crippen LogP contribution in [-0.2, 0) is 22.6 Å². The van der Waals surface area contributed by atoms with Crippen LogP contribution in [0, 0.1) is 0 Å². The molecule has 4 heteroatoms. The van der Waals surface area contributed by atoms with E-state index in [9.17, 15) is 9.59 Å². The van der Waals surface area contributed by atoms with Crippen molar-refractivity contribution in [3.05, 3.63) is 35.4 Å². The first-order valence-electron chi connectivity index (χ1n) is 7.67. The van der Waals surface area contributed by atoms with E-state index in [1.165, 1.54) is 11.1 Å². The van der Waals surface area contributed by atoms with Gasteiger partial charge in [-0.3, -0.25) is 9.59 Å². The van der Waals surface area contributed by atoms with Crippen LogP contribution < -0.4 is 5.32 Å². The number of hydrogen-bond acceptors (Lipinski definition) is 2. The van der Waals surface area contributed by atoms with E-state index in [2.05, 4.69) is 24.4 Å². The number of benzene rings is 1. The Morgan fingerprint density at radius 1 is 1.19 bits per heavy atom. The highest BCUT2D eigenvalue weighted by atomic mass is 16.2.